The number of anilines is 2. The number of sulfone groups is 1. The third-order valence-corrected chi connectivity index (χ3v) is 8.78. The molecule has 0 saturated heterocycles. The predicted octanol–water partition coefficient (Wildman–Crippen LogP) is 4.42. The fraction of sp³-hybridized carbons (Fsp3) is 0.440. The first-order valence-corrected chi connectivity index (χ1v) is 12.8. The second kappa shape index (κ2) is 8.35. The van der Waals surface area contributed by atoms with Crippen molar-refractivity contribution in [2.45, 2.75) is 63.1 Å². The first-order chi connectivity index (χ1) is 15.1. The lowest BCUT2D eigenvalue weighted by atomic mass is 9.84. The maximum Gasteiger partial charge on any atom is 0.230 e. The number of carbonyl (C=O) groups excluding carboxylic acids is 2. The third kappa shape index (κ3) is 3.83. The Labute approximate surface area is 190 Å². The molecule has 4 rings (SSSR count). The van der Waals surface area contributed by atoms with Gasteiger partial charge < -0.3 is 9.80 Å². The van der Waals surface area contributed by atoms with Crippen LogP contribution in [-0.2, 0) is 19.4 Å². The van der Waals surface area contributed by atoms with Crippen LogP contribution in [0, 0.1) is 5.92 Å². The van der Waals surface area contributed by atoms with Crippen LogP contribution in [0.5, 0.6) is 0 Å². The van der Waals surface area contributed by atoms with E-state index in [2.05, 4.69) is 0 Å². The molecular formula is C25H30N2O4S. The molecule has 0 radical (unpaired) electrons. The van der Waals surface area contributed by atoms with Crippen LogP contribution in [0.3, 0.4) is 0 Å². The fourth-order valence-corrected chi connectivity index (χ4v) is 5.54. The molecule has 1 fully saturated rings. The average Bonchev–Trinajstić information content (AvgIpc) is 2.71. The summed E-state index contributed by atoms with van der Waals surface area (Å²) in [5.74, 6) is 0.136. The lowest BCUT2D eigenvalue weighted by Gasteiger charge is -2.43. The van der Waals surface area contributed by atoms with Crippen LogP contribution >= 0.6 is 0 Å². The molecule has 2 aromatic rings. The van der Waals surface area contributed by atoms with E-state index in [1.807, 2.05) is 30.0 Å². The molecule has 1 saturated carbocycles. The second-order valence-electron chi connectivity index (χ2n) is 9.14. The van der Waals surface area contributed by atoms with Gasteiger partial charge in [-0.15, -0.1) is 0 Å². The zero-order chi connectivity index (χ0) is 23.2. The lowest BCUT2D eigenvalue weighted by molar-refractivity contribution is -0.125. The van der Waals surface area contributed by atoms with E-state index >= 15 is 0 Å². The SMILES string of the molecule is CC(=O)N1c2ccc(-c3ccc(S(=O)(=O)C(C)C)cc3)cc2N(C(=O)C2CCC2)C[C@@H]1C. The molecule has 0 N–H and O–H groups in total. The highest BCUT2D eigenvalue weighted by Gasteiger charge is 2.37. The zero-order valence-corrected chi connectivity index (χ0v) is 19.9. The molecule has 0 bridgehead atoms. The average molecular weight is 455 g/mol. The zero-order valence-electron chi connectivity index (χ0n) is 19.0. The van der Waals surface area contributed by atoms with Crippen molar-refractivity contribution in [2.24, 2.45) is 5.92 Å². The van der Waals surface area contributed by atoms with E-state index in [0.717, 1.165) is 41.8 Å². The maximum atomic E-state index is 13.2. The molecule has 1 aliphatic carbocycles. The van der Waals surface area contributed by atoms with E-state index in [4.69, 9.17) is 0 Å². The summed E-state index contributed by atoms with van der Waals surface area (Å²) in [7, 11) is -3.34. The van der Waals surface area contributed by atoms with Crippen molar-refractivity contribution >= 4 is 33.0 Å². The van der Waals surface area contributed by atoms with Crippen molar-refractivity contribution < 1.29 is 18.0 Å². The molecular weight excluding hydrogens is 424 g/mol. The van der Waals surface area contributed by atoms with Gasteiger partial charge in [0.05, 0.1) is 27.6 Å². The smallest absolute Gasteiger partial charge is 0.230 e. The molecule has 0 spiro atoms. The number of benzene rings is 2. The molecule has 0 aromatic heterocycles. The van der Waals surface area contributed by atoms with Gasteiger partial charge >= 0.3 is 0 Å². The Morgan fingerprint density at radius 3 is 2.12 bits per heavy atom. The second-order valence-corrected chi connectivity index (χ2v) is 11.6. The van der Waals surface area contributed by atoms with Gasteiger partial charge in [-0.2, -0.15) is 0 Å². The van der Waals surface area contributed by atoms with E-state index in [-0.39, 0.29) is 23.8 Å². The van der Waals surface area contributed by atoms with Gasteiger partial charge in [0.1, 0.15) is 0 Å². The first kappa shape index (κ1) is 22.5. The normalized spacial score (nSPS) is 19.0. The molecule has 1 aliphatic heterocycles. The van der Waals surface area contributed by atoms with Crippen LogP contribution in [0.4, 0.5) is 11.4 Å². The van der Waals surface area contributed by atoms with Crippen molar-refractivity contribution in [3.8, 4) is 11.1 Å². The maximum absolute atomic E-state index is 13.2. The van der Waals surface area contributed by atoms with Gasteiger partial charge in [-0.05, 0) is 69.0 Å². The van der Waals surface area contributed by atoms with E-state index in [1.54, 1.807) is 49.9 Å². The van der Waals surface area contributed by atoms with Crippen LogP contribution in [0.1, 0.15) is 47.0 Å². The molecule has 0 unspecified atom stereocenters. The molecule has 2 aromatic carbocycles. The summed E-state index contributed by atoms with van der Waals surface area (Å²) >= 11 is 0. The Kier molecular flexibility index (Phi) is 5.88. The van der Waals surface area contributed by atoms with Crippen molar-refractivity contribution in [2.75, 3.05) is 16.3 Å². The largest absolute Gasteiger partial charge is 0.308 e. The number of hydrogen-bond donors (Lipinski definition) is 0. The minimum atomic E-state index is -3.34. The monoisotopic (exact) mass is 454 g/mol. The van der Waals surface area contributed by atoms with Gasteiger partial charge in [-0.1, -0.05) is 24.6 Å². The number of hydrogen-bond acceptors (Lipinski definition) is 4. The molecule has 2 amide bonds. The first-order valence-electron chi connectivity index (χ1n) is 11.2. The Morgan fingerprint density at radius 2 is 1.59 bits per heavy atom. The fourth-order valence-electron chi connectivity index (χ4n) is 4.48. The minimum absolute atomic E-state index is 0.0505. The molecule has 2 aliphatic rings. The summed E-state index contributed by atoms with van der Waals surface area (Å²) in [4.78, 5) is 29.4. The summed E-state index contributed by atoms with van der Waals surface area (Å²) in [6.07, 6.45) is 2.92. The topological polar surface area (TPSA) is 74.8 Å². The Morgan fingerprint density at radius 1 is 0.969 bits per heavy atom. The Bertz CT molecular complexity index is 1150. The molecule has 1 heterocycles. The number of nitrogens with zero attached hydrogens (tertiary/aromatic N) is 2. The molecule has 7 heteroatoms. The summed E-state index contributed by atoms with van der Waals surface area (Å²) in [6, 6.07) is 12.5. The lowest BCUT2D eigenvalue weighted by Crippen LogP contribution is -2.53. The molecule has 1 atom stereocenters. The van der Waals surface area contributed by atoms with Gasteiger partial charge in [0.15, 0.2) is 9.84 Å². The number of rotatable bonds is 4. The van der Waals surface area contributed by atoms with Crippen molar-refractivity contribution in [1.82, 2.24) is 0 Å². The highest BCUT2D eigenvalue weighted by molar-refractivity contribution is 7.92. The highest BCUT2D eigenvalue weighted by atomic mass is 32.2. The van der Waals surface area contributed by atoms with E-state index in [0.29, 0.717) is 11.4 Å². The summed E-state index contributed by atoms with van der Waals surface area (Å²) in [5, 5.41) is -0.484. The number of amides is 2. The van der Waals surface area contributed by atoms with Crippen LogP contribution in [-0.4, -0.2) is 38.1 Å². The van der Waals surface area contributed by atoms with Crippen LogP contribution in [0.25, 0.3) is 11.1 Å². The Balaban J connectivity index is 1.75. The molecule has 170 valence electrons. The Hall–Kier alpha value is -2.67. The van der Waals surface area contributed by atoms with E-state index in [1.165, 1.54) is 0 Å². The predicted molar refractivity (Wildman–Crippen MR) is 127 cm³/mol. The number of fused-ring (bicyclic) bond motifs is 1. The quantitative estimate of drug-likeness (QED) is 0.685. The van der Waals surface area contributed by atoms with Crippen molar-refractivity contribution in [3.05, 3.63) is 42.5 Å². The van der Waals surface area contributed by atoms with Gasteiger partial charge in [0.2, 0.25) is 11.8 Å². The summed E-state index contributed by atoms with van der Waals surface area (Å²) in [5.41, 5.74) is 3.22. The van der Waals surface area contributed by atoms with Gasteiger partial charge in [0, 0.05) is 19.4 Å². The van der Waals surface area contributed by atoms with Crippen molar-refractivity contribution in [1.29, 1.82) is 0 Å². The number of carbonyl (C=O) groups is 2. The summed E-state index contributed by atoms with van der Waals surface area (Å²) in [6.45, 7) is 7.32. The van der Waals surface area contributed by atoms with E-state index in [9.17, 15) is 18.0 Å². The van der Waals surface area contributed by atoms with Gasteiger partial charge in [-0.25, -0.2) is 8.42 Å². The van der Waals surface area contributed by atoms with Gasteiger partial charge in [-0.3, -0.25) is 9.59 Å². The van der Waals surface area contributed by atoms with Crippen LogP contribution < -0.4 is 9.80 Å². The third-order valence-electron chi connectivity index (χ3n) is 6.61. The van der Waals surface area contributed by atoms with Crippen LogP contribution in [0.15, 0.2) is 47.4 Å². The van der Waals surface area contributed by atoms with Crippen LogP contribution in [0.2, 0.25) is 0 Å². The van der Waals surface area contributed by atoms with E-state index < -0.39 is 15.1 Å². The van der Waals surface area contributed by atoms with Gasteiger partial charge in [0.25, 0.3) is 0 Å². The highest BCUT2D eigenvalue weighted by Crippen LogP contribution is 2.41. The summed E-state index contributed by atoms with van der Waals surface area (Å²) < 4.78 is 24.9. The standard InChI is InChI=1S/C25H30N2O4S/c1-16(2)32(30,31)22-11-8-19(9-12-22)21-10-13-23-24(14-21)26(25(29)20-6-5-7-20)15-17(3)27(23)18(4)28/h8-14,16-17,20H,5-7,15H2,1-4H3/t17-/m0/s1. The minimum Gasteiger partial charge on any atom is -0.308 e. The van der Waals surface area contributed by atoms with Crippen molar-refractivity contribution in [3.63, 3.8) is 0 Å². The molecule has 32 heavy (non-hydrogen) atoms. The molecule has 6 nitrogen and oxygen atoms in total.